The molecule has 0 spiro atoms. The Morgan fingerprint density at radius 1 is 1.07 bits per heavy atom. The van der Waals surface area contributed by atoms with Gasteiger partial charge in [-0.1, -0.05) is 64.4 Å². The van der Waals surface area contributed by atoms with Gasteiger partial charge in [0.1, 0.15) is 0 Å². The Morgan fingerprint density at radius 3 is 2.15 bits per heavy atom. The second-order valence-corrected chi connectivity index (χ2v) is 11.4. The van der Waals surface area contributed by atoms with Gasteiger partial charge in [-0.2, -0.15) is 0 Å². The summed E-state index contributed by atoms with van der Waals surface area (Å²) in [5, 5.41) is 12.6. The summed E-state index contributed by atoms with van der Waals surface area (Å²) in [7, 11) is -2.33. The van der Waals surface area contributed by atoms with Crippen LogP contribution >= 0.6 is 0 Å². The lowest BCUT2D eigenvalue weighted by Gasteiger charge is -2.39. The zero-order valence-corrected chi connectivity index (χ0v) is 17.9. The average Bonchev–Trinajstić information content (AvgIpc) is 2.67. The summed E-state index contributed by atoms with van der Waals surface area (Å²) in [6.45, 7) is 8.31. The molecule has 0 bridgehead atoms. The third kappa shape index (κ3) is 6.66. The van der Waals surface area contributed by atoms with Crippen LogP contribution in [-0.2, 0) is 20.4 Å². The van der Waals surface area contributed by atoms with Crippen molar-refractivity contribution in [2.24, 2.45) is 0 Å². The molecule has 27 heavy (non-hydrogen) atoms. The number of carboxylic acids is 1. The highest BCUT2D eigenvalue weighted by molar-refractivity contribution is 6.73. The number of nitrogens with one attached hydrogen (secondary N) is 1. The number of amides is 1. The Hall–Kier alpha value is -1.86. The number of aliphatic carboxylic acids is 1. The highest BCUT2D eigenvalue weighted by atomic mass is 28.4. The number of hydrogen-bond donors (Lipinski definition) is 2. The molecule has 0 aromatic heterocycles. The molecular weight excluding hydrogens is 362 g/mol. The summed E-state index contributed by atoms with van der Waals surface area (Å²) in [6.07, 6.45) is 0.897. The number of unbranched alkanes of at least 4 members (excludes halogenated alkanes) is 1. The third-order valence-corrected chi connectivity index (χ3v) is 9.65. The van der Waals surface area contributed by atoms with Gasteiger partial charge in [0.2, 0.25) is 5.72 Å². The lowest BCUT2D eigenvalue weighted by Crippen LogP contribution is -2.63. The van der Waals surface area contributed by atoms with Crippen LogP contribution in [0.5, 0.6) is 0 Å². The van der Waals surface area contributed by atoms with E-state index in [9.17, 15) is 14.7 Å². The van der Waals surface area contributed by atoms with E-state index in [1.165, 1.54) is 0 Å². The first-order chi connectivity index (χ1) is 12.9. The predicted molar refractivity (Wildman–Crippen MR) is 108 cm³/mol. The summed E-state index contributed by atoms with van der Waals surface area (Å²) >= 11 is 0. The summed E-state index contributed by atoms with van der Waals surface area (Å²) < 4.78 is 11.5. The van der Waals surface area contributed by atoms with Gasteiger partial charge in [0.05, 0.1) is 6.61 Å². The second-order valence-electron chi connectivity index (χ2n) is 6.75. The van der Waals surface area contributed by atoms with Crippen molar-refractivity contribution < 1.29 is 23.9 Å². The number of ether oxygens (including phenoxy) is 1. The quantitative estimate of drug-likeness (QED) is 0.308. The van der Waals surface area contributed by atoms with Crippen molar-refractivity contribution >= 4 is 20.4 Å². The summed E-state index contributed by atoms with van der Waals surface area (Å²) in [6, 6.07) is 11.5. The molecule has 1 aromatic carbocycles. The van der Waals surface area contributed by atoms with Crippen molar-refractivity contribution in [3.63, 3.8) is 0 Å². The van der Waals surface area contributed by atoms with Crippen LogP contribution in [0.3, 0.4) is 0 Å². The van der Waals surface area contributed by atoms with Crippen LogP contribution in [0, 0.1) is 0 Å². The van der Waals surface area contributed by atoms with Crippen molar-refractivity contribution in [2.75, 3.05) is 6.61 Å². The molecule has 0 aliphatic carbocycles. The standard InChI is InChI=1S/C20H33NO5Si/c1-5-9-15-25-19(24)21-20(18(22)23,16-17-13-11-10-12-14-17)26-27(6-2,7-3)8-4/h10-14H,5-9,15-16H2,1-4H3,(H,21,24)(H,22,23). The van der Waals surface area contributed by atoms with Crippen LogP contribution in [0.1, 0.15) is 46.1 Å². The lowest BCUT2D eigenvalue weighted by molar-refractivity contribution is -0.159. The number of carboxylic acid groups (broad SMARTS) is 1. The van der Waals surface area contributed by atoms with Crippen LogP contribution in [-0.4, -0.2) is 37.8 Å². The van der Waals surface area contributed by atoms with E-state index in [0.717, 1.165) is 36.5 Å². The Balaban J connectivity index is 3.20. The highest BCUT2D eigenvalue weighted by Gasteiger charge is 2.48. The molecule has 0 saturated heterocycles. The average molecular weight is 396 g/mol. The number of rotatable bonds is 12. The minimum absolute atomic E-state index is 0.0425. The molecule has 0 heterocycles. The molecule has 0 radical (unpaired) electrons. The molecule has 7 heteroatoms. The molecule has 0 aliphatic heterocycles. The predicted octanol–water partition coefficient (Wildman–Crippen LogP) is 4.56. The molecule has 1 unspecified atom stereocenters. The van der Waals surface area contributed by atoms with E-state index >= 15 is 0 Å². The van der Waals surface area contributed by atoms with Gasteiger partial charge >= 0.3 is 12.1 Å². The Kier molecular flexibility index (Phi) is 9.52. The number of benzene rings is 1. The minimum Gasteiger partial charge on any atom is -0.478 e. The maximum Gasteiger partial charge on any atom is 0.409 e. The van der Waals surface area contributed by atoms with Gasteiger partial charge in [-0.15, -0.1) is 0 Å². The first kappa shape index (κ1) is 23.2. The minimum atomic E-state index is -2.33. The maximum atomic E-state index is 12.3. The second kappa shape index (κ2) is 11.1. The molecule has 1 rings (SSSR count). The van der Waals surface area contributed by atoms with Crippen molar-refractivity contribution in [1.29, 1.82) is 0 Å². The smallest absolute Gasteiger partial charge is 0.409 e. The maximum absolute atomic E-state index is 12.3. The normalized spacial score (nSPS) is 13.6. The molecule has 2 N–H and O–H groups in total. The topological polar surface area (TPSA) is 84.9 Å². The van der Waals surface area contributed by atoms with Crippen LogP contribution in [0.15, 0.2) is 30.3 Å². The van der Waals surface area contributed by atoms with Crippen molar-refractivity contribution in [2.45, 2.75) is 70.8 Å². The lowest BCUT2D eigenvalue weighted by atomic mass is 10.0. The van der Waals surface area contributed by atoms with E-state index in [1.807, 2.05) is 58.0 Å². The van der Waals surface area contributed by atoms with Crippen LogP contribution in [0.2, 0.25) is 18.1 Å². The highest BCUT2D eigenvalue weighted by Crippen LogP contribution is 2.29. The van der Waals surface area contributed by atoms with Crippen molar-refractivity contribution in [3.05, 3.63) is 35.9 Å². The monoisotopic (exact) mass is 395 g/mol. The summed E-state index contributed by atoms with van der Waals surface area (Å²) in [5.74, 6) is -1.20. The molecular formula is C20H33NO5Si. The third-order valence-electron chi connectivity index (χ3n) is 5.00. The number of carbonyl (C=O) groups is 2. The number of carbonyl (C=O) groups excluding carboxylic acids is 1. The molecule has 1 atom stereocenters. The fraction of sp³-hybridized carbons (Fsp3) is 0.600. The number of hydrogen-bond acceptors (Lipinski definition) is 4. The molecule has 152 valence electrons. The zero-order chi connectivity index (χ0) is 20.3. The van der Waals surface area contributed by atoms with Crippen molar-refractivity contribution in [3.8, 4) is 0 Å². The fourth-order valence-corrected chi connectivity index (χ4v) is 5.89. The van der Waals surface area contributed by atoms with Crippen molar-refractivity contribution in [1.82, 2.24) is 5.32 Å². The first-order valence-electron chi connectivity index (χ1n) is 9.79. The SMILES string of the molecule is CCCCOC(=O)NC(Cc1ccccc1)(O[Si](CC)(CC)CC)C(=O)O. The van der Waals surface area contributed by atoms with Gasteiger partial charge in [-0.05, 0) is 30.1 Å². The van der Waals surface area contributed by atoms with Crippen LogP contribution < -0.4 is 5.32 Å². The molecule has 1 amide bonds. The van der Waals surface area contributed by atoms with Gasteiger partial charge in [-0.3, -0.25) is 5.32 Å². The Morgan fingerprint density at radius 2 is 1.67 bits per heavy atom. The molecule has 0 aliphatic rings. The molecule has 0 saturated carbocycles. The molecule has 1 aromatic rings. The van der Waals surface area contributed by atoms with E-state index in [4.69, 9.17) is 9.16 Å². The zero-order valence-electron chi connectivity index (χ0n) is 16.9. The van der Waals surface area contributed by atoms with Gasteiger partial charge in [-0.25, -0.2) is 9.59 Å². The van der Waals surface area contributed by atoms with Gasteiger partial charge < -0.3 is 14.3 Å². The van der Waals surface area contributed by atoms with Crippen LogP contribution in [0.4, 0.5) is 4.79 Å². The summed E-state index contributed by atoms with van der Waals surface area (Å²) in [4.78, 5) is 24.7. The van der Waals surface area contributed by atoms with E-state index in [-0.39, 0.29) is 13.0 Å². The largest absolute Gasteiger partial charge is 0.478 e. The van der Waals surface area contributed by atoms with Crippen LogP contribution in [0.25, 0.3) is 0 Å². The summed E-state index contributed by atoms with van der Waals surface area (Å²) in [5.41, 5.74) is -1.06. The molecule has 6 nitrogen and oxygen atoms in total. The number of alkyl carbamates (subject to hydrolysis) is 1. The first-order valence-corrected chi connectivity index (χ1v) is 12.3. The molecule has 0 fully saturated rings. The fourth-order valence-electron chi connectivity index (χ4n) is 3.01. The van der Waals surface area contributed by atoms with E-state index in [0.29, 0.717) is 0 Å². The van der Waals surface area contributed by atoms with E-state index in [1.54, 1.807) is 0 Å². The Labute approximate surface area is 163 Å². The van der Waals surface area contributed by atoms with Gasteiger partial charge in [0.25, 0.3) is 0 Å². The Bertz CT molecular complexity index is 583. The van der Waals surface area contributed by atoms with E-state index < -0.39 is 26.1 Å². The van der Waals surface area contributed by atoms with Gasteiger partial charge in [0.15, 0.2) is 8.32 Å². The van der Waals surface area contributed by atoms with E-state index in [2.05, 4.69) is 5.32 Å². The van der Waals surface area contributed by atoms with Gasteiger partial charge in [0, 0.05) is 6.42 Å².